The molecule has 0 saturated carbocycles. The van der Waals surface area contributed by atoms with Crippen LogP contribution in [0.5, 0.6) is 0 Å². The van der Waals surface area contributed by atoms with Gasteiger partial charge in [-0.25, -0.2) is 0 Å². The van der Waals surface area contributed by atoms with Crippen molar-refractivity contribution in [1.82, 2.24) is 5.32 Å². The summed E-state index contributed by atoms with van der Waals surface area (Å²) in [6.45, 7) is 4.42. The number of unbranched alkanes of at least 4 members (excludes halogenated alkanes) is 2. The maximum absolute atomic E-state index is 12.0. The van der Waals surface area contributed by atoms with Crippen molar-refractivity contribution in [2.75, 3.05) is 6.54 Å². The quantitative estimate of drug-likeness (QED) is 0.759. The molecule has 0 aliphatic carbocycles. The molecule has 2 N–H and O–H groups in total. The number of amides is 1. The fraction of sp³-hybridized carbons (Fsp3) is 0.467. The van der Waals surface area contributed by atoms with Gasteiger partial charge in [0.15, 0.2) is 0 Å². The zero-order chi connectivity index (χ0) is 15.1. The number of aryl methyl sites for hydroxylation is 2. The molecular weight excluding hydrogens is 278 g/mol. The van der Waals surface area contributed by atoms with Gasteiger partial charge in [0, 0.05) is 13.0 Å². The fourth-order valence-corrected chi connectivity index (χ4v) is 2.13. The van der Waals surface area contributed by atoms with E-state index < -0.39 is 5.97 Å². The number of aliphatic carboxylic acids is 1. The molecule has 0 aliphatic heterocycles. The molecule has 1 amide bonds. The molecular formula is C15H20ClNO3. The predicted molar refractivity (Wildman–Crippen MR) is 79.4 cm³/mol. The molecule has 0 aliphatic rings. The number of rotatable bonds is 7. The van der Waals surface area contributed by atoms with E-state index in [1.807, 2.05) is 13.8 Å². The molecule has 0 radical (unpaired) electrons. The molecule has 0 saturated heterocycles. The number of benzene rings is 1. The molecule has 0 fully saturated rings. The summed E-state index contributed by atoms with van der Waals surface area (Å²) in [6, 6.07) is 3.58. The van der Waals surface area contributed by atoms with Crippen LogP contribution >= 0.6 is 11.6 Å². The highest BCUT2D eigenvalue weighted by atomic mass is 35.5. The number of carboxylic acids is 1. The van der Waals surface area contributed by atoms with Gasteiger partial charge in [0.2, 0.25) is 0 Å². The predicted octanol–water partition coefficient (Wildman–Crippen LogP) is 3.33. The Bertz CT molecular complexity index is 500. The van der Waals surface area contributed by atoms with E-state index in [0.717, 1.165) is 24.0 Å². The topological polar surface area (TPSA) is 66.4 Å². The molecule has 0 bridgehead atoms. The molecule has 0 heterocycles. The van der Waals surface area contributed by atoms with Crippen LogP contribution in [0.3, 0.4) is 0 Å². The van der Waals surface area contributed by atoms with Gasteiger partial charge >= 0.3 is 5.97 Å². The number of halogens is 1. The van der Waals surface area contributed by atoms with Crippen molar-refractivity contribution in [1.29, 1.82) is 0 Å². The lowest BCUT2D eigenvalue weighted by Gasteiger charge is -2.09. The maximum atomic E-state index is 12.0. The van der Waals surface area contributed by atoms with E-state index in [4.69, 9.17) is 16.7 Å². The molecule has 110 valence electrons. The average molecular weight is 298 g/mol. The highest BCUT2D eigenvalue weighted by Crippen LogP contribution is 2.20. The Morgan fingerprint density at radius 3 is 2.45 bits per heavy atom. The Labute approximate surface area is 124 Å². The van der Waals surface area contributed by atoms with Gasteiger partial charge in [-0.1, -0.05) is 18.0 Å². The average Bonchev–Trinajstić information content (AvgIpc) is 2.37. The van der Waals surface area contributed by atoms with E-state index in [1.54, 1.807) is 12.1 Å². The Morgan fingerprint density at radius 1 is 1.15 bits per heavy atom. The molecule has 20 heavy (non-hydrogen) atoms. The minimum absolute atomic E-state index is 0.178. The zero-order valence-electron chi connectivity index (χ0n) is 11.8. The Balaban J connectivity index is 2.40. The summed E-state index contributed by atoms with van der Waals surface area (Å²) in [4.78, 5) is 22.3. The number of hydrogen-bond donors (Lipinski definition) is 2. The van der Waals surface area contributed by atoms with Crippen LogP contribution in [0.4, 0.5) is 0 Å². The van der Waals surface area contributed by atoms with Crippen LogP contribution in [0.25, 0.3) is 0 Å². The summed E-state index contributed by atoms with van der Waals surface area (Å²) in [5, 5.41) is 11.8. The number of carboxylic acid groups (broad SMARTS) is 1. The van der Waals surface area contributed by atoms with E-state index in [2.05, 4.69) is 5.32 Å². The Hall–Kier alpha value is -1.55. The van der Waals surface area contributed by atoms with Gasteiger partial charge in [0.1, 0.15) is 0 Å². The van der Waals surface area contributed by atoms with Crippen molar-refractivity contribution in [3.63, 3.8) is 0 Å². The summed E-state index contributed by atoms with van der Waals surface area (Å²) in [5.41, 5.74) is 2.57. The number of carbonyl (C=O) groups is 2. The lowest BCUT2D eigenvalue weighted by atomic mass is 10.1. The van der Waals surface area contributed by atoms with Crippen molar-refractivity contribution in [3.05, 3.63) is 33.8 Å². The van der Waals surface area contributed by atoms with Gasteiger partial charge < -0.3 is 10.4 Å². The van der Waals surface area contributed by atoms with Crippen molar-refractivity contribution >= 4 is 23.5 Å². The van der Waals surface area contributed by atoms with Crippen molar-refractivity contribution in [2.24, 2.45) is 0 Å². The lowest BCUT2D eigenvalue weighted by molar-refractivity contribution is -0.137. The summed E-state index contributed by atoms with van der Waals surface area (Å²) < 4.78 is 0. The second kappa shape index (κ2) is 7.90. The Morgan fingerprint density at radius 2 is 1.80 bits per heavy atom. The number of hydrogen-bond acceptors (Lipinski definition) is 2. The van der Waals surface area contributed by atoms with E-state index in [9.17, 15) is 9.59 Å². The normalized spacial score (nSPS) is 10.3. The maximum Gasteiger partial charge on any atom is 0.303 e. The van der Waals surface area contributed by atoms with Gasteiger partial charge in [-0.2, -0.15) is 0 Å². The van der Waals surface area contributed by atoms with Crippen molar-refractivity contribution < 1.29 is 14.7 Å². The molecule has 0 unspecified atom stereocenters. The van der Waals surface area contributed by atoms with E-state index in [-0.39, 0.29) is 12.3 Å². The Kier molecular flexibility index (Phi) is 6.52. The number of carbonyl (C=O) groups excluding carboxylic acids is 1. The first-order chi connectivity index (χ1) is 9.41. The van der Waals surface area contributed by atoms with Crippen LogP contribution in [-0.2, 0) is 4.79 Å². The molecule has 5 heteroatoms. The zero-order valence-corrected chi connectivity index (χ0v) is 12.6. The standard InChI is InChI=1S/C15H20ClNO3/c1-10-8-12(13(16)9-11(10)2)15(20)17-7-5-3-4-6-14(18)19/h8-9H,3-7H2,1-2H3,(H,17,20)(H,18,19). The molecule has 0 aromatic heterocycles. The minimum Gasteiger partial charge on any atom is -0.481 e. The van der Waals surface area contributed by atoms with Gasteiger partial charge in [0.05, 0.1) is 10.6 Å². The molecule has 0 spiro atoms. The first-order valence-electron chi connectivity index (χ1n) is 6.68. The van der Waals surface area contributed by atoms with Crippen LogP contribution in [0, 0.1) is 13.8 Å². The first-order valence-corrected chi connectivity index (χ1v) is 7.06. The first kappa shape index (κ1) is 16.5. The summed E-state index contributed by atoms with van der Waals surface area (Å²) in [6.07, 6.45) is 2.36. The third kappa shape index (κ3) is 5.21. The second-order valence-corrected chi connectivity index (χ2v) is 5.28. The highest BCUT2D eigenvalue weighted by molar-refractivity contribution is 6.33. The van der Waals surface area contributed by atoms with Crippen LogP contribution in [0.1, 0.15) is 47.2 Å². The summed E-state index contributed by atoms with van der Waals surface area (Å²) in [7, 11) is 0. The lowest BCUT2D eigenvalue weighted by Crippen LogP contribution is -2.25. The molecule has 1 rings (SSSR count). The van der Waals surface area contributed by atoms with Crippen LogP contribution < -0.4 is 5.32 Å². The summed E-state index contributed by atoms with van der Waals surface area (Å²) in [5.74, 6) is -0.965. The van der Waals surface area contributed by atoms with Crippen molar-refractivity contribution in [3.8, 4) is 0 Å². The van der Waals surface area contributed by atoms with E-state index >= 15 is 0 Å². The van der Waals surface area contributed by atoms with Gasteiger partial charge in [-0.15, -0.1) is 0 Å². The highest BCUT2D eigenvalue weighted by Gasteiger charge is 2.11. The van der Waals surface area contributed by atoms with E-state index in [0.29, 0.717) is 23.6 Å². The molecule has 4 nitrogen and oxygen atoms in total. The summed E-state index contributed by atoms with van der Waals surface area (Å²) >= 11 is 6.07. The van der Waals surface area contributed by atoms with Gasteiger partial charge in [0.25, 0.3) is 5.91 Å². The second-order valence-electron chi connectivity index (χ2n) is 4.88. The minimum atomic E-state index is -0.782. The van der Waals surface area contributed by atoms with Crippen LogP contribution in [0.15, 0.2) is 12.1 Å². The smallest absolute Gasteiger partial charge is 0.303 e. The third-order valence-corrected chi connectivity index (χ3v) is 3.49. The molecule has 1 aromatic rings. The number of nitrogens with one attached hydrogen (secondary N) is 1. The van der Waals surface area contributed by atoms with Gasteiger partial charge in [-0.05, 0) is 49.9 Å². The largest absolute Gasteiger partial charge is 0.481 e. The third-order valence-electron chi connectivity index (χ3n) is 3.18. The van der Waals surface area contributed by atoms with E-state index in [1.165, 1.54) is 0 Å². The monoisotopic (exact) mass is 297 g/mol. The fourth-order valence-electron chi connectivity index (χ4n) is 1.83. The van der Waals surface area contributed by atoms with Crippen LogP contribution in [-0.4, -0.2) is 23.5 Å². The SMILES string of the molecule is Cc1cc(Cl)c(C(=O)NCCCCCC(=O)O)cc1C. The van der Waals surface area contributed by atoms with Gasteiger partial charge in [-0.3, -0.25) is 9.59 Å². The molecule has 1 aromatic carbocycles. The van der Waals surface area contributed by atoms with Crippen molar-refractivity contribution in [2.45, 2.75) is 39.5 Å². The van der Waals surface area contributed by atoms with Crippen LogP contribution in [0.2, 0.25) is 5.02 Å². The molecule has 0 atom stereocenters.